The lowest BCUT2D eigenvalue weighted by atomic mass is 9.86. The molecular formula is C12H27N. The van der Waals surface area contributed by atoms with Crippen molar-refractivity contribution >= 4 is 0 Å². The van der Waals surface area contributed by atoms with Gasteiger partial charge in [-0.15, -0.1) is 0 Å². The molecule has 0 aromatic rings. The van der Waals surface area contributed by atoms with Crippen LogP contribution >= 0.6 is 0 Å². The lowest BCUT2D eigenvalue weighted by Crippen LogP contribution is -2.31. The van der Waals surface area contributed by atoms with Gasteiger partial charge in [-0.1, -0.05) is 41.0 Å². The van der Waals surface area contributed by atoms with Crippen LogP contribution in [0.25, 0.3) is 0 Å². The molecule has 80 valence electrons. The number of nitrogens with two attached hydrogens (primary N) is 1. The zero-order valence-electron chi connectivity index (χ0n) is 10.0. The summed E-state index contributed by atoms with van der Waals surface area (Å²) in [7, 11) is 0. The molecule has 0 fully saturated rings. The Hall–Kier alpha value is -0.0400. The Balaban J connectivity index is 3.67. The van der Waals surface area contributed by atoms with E-state index in [-0.39, 0.29) is 0 Å². The van der Waals surface area contributed by atoms with E-state index in [1.54, 1.807) is 0 Å². The van der Waals surface area contributed by atoms with Gasteiger partial charge in [0.2, 0.25) is 0 Å². The summed E-state index contributed by atoms with van der Waals surface area (Å²) in [6, 6.07) is 0.397. The highest BCUT2D eigenvalue weighted by Gasteiger charge is 2.16. The second-order valence-corrected chi connectivity index (χ2v) is 4.86. The Morgan fingerprint density at radius 3 is 1.92 bits per heavy atom. The number of rotatable bonds is 6. The third-order valence-corrected chi connectivity index (χ3v) is 3.42. The van der Waals surface area contributed by atoms with E-state index in [9.17, 15) is 0 Å². The molecule has 1 unspecified atom stereocenters. The quantitative estimate of drug-likeness (QED) is 0.674. The van der Waals surface area contributed by atoms with Crippen LogP contribution in [-0.2, 0) is 0 Å². The van der Waals surface area contributed by atoms with Crippen LogP contribution in [0.1, 0.15) is 53.9 Å². The maximum absolute atomic E-state index is 6.12. The number of hydrogen-bond donors (Lipinski definition) is 1. The van der Waals surface area contributed by atoms with Crippen molar-refractivity contribution in [1.29, 1.82) is 0 Å². The molecule has 0 bridgehead atoms. The average molecular weight is 185 g/mol. The minimum atomic E-state index is 0.397. The molecule has 13 heavy (non-hydrogen) atoms. The Kier molecular flexibility index (Phi) is 6.40. The summed E-state index contributed by atoms with van der Waals surface area (Å²) in [4.78, 5) is 0. The Bertz CT molecular complexity index is 120. The SMILES string of the molecule is CC[C@@H](C)CCC(N)[C@@H](C)C(C)C. The zero-order valence-corrected chi connectivity index (χ0v) is 10.0. The molecule has 0 amide bonds. The van der Waals surface area contributed by atoms with Gasteiger partial charge in [0.1, 0.15) is 0 Å². The number of hydrogen-bond acceptors (Lipinski definition) is 1. The first kappa shape index (κ1) is 13.0. The normalized spacial score (nSPS) is 18.7. The van der Waals surface area contributed by atoms with Crippen LogP contribution in [0.3, 0.4) is 0 Å². The van der Waals surface area contributed by atoms with Gasteiger partial charge in [-0.2, -0.15) is 0 Å². The van der Waals surface area contributed by atoms with Gasteiger partial charge in [-0.25, -0.2) is 0 Å². The Morgan fingerprint density at radius 1 is 1.00 bits per heavy atom. The maximum atomic E-state index is 6.12. The van der Waals surface area contributed by atoms with Crippen LogP contribution in [0.4, 0.5) is 0 Å². The van der Waals surface area contributed by atoms with Crippen LogP contribution in [0.15, 0.2) is 0 Å². The largest absolute Gasteiger partial charge is 0.327 e. The van der Waals surface area contributed by atoms with Crippen molar-refractivity contribution in [2.24, 2.45) is 23.5 Å². The monoisotopic (exact) mass is 185 g/mol. The molecule has 0 aliphatic carbocycles. The fraction of sp³-hybridized carbons (Fsp3) is 1.00. The van der Waals surface area contributed by atoms with Crippen LogP contribution in [0, 0.1) is 17.8 Å². The second-order valence-electron chi connectivity index (χ2n) is 4.86. The first-order valence-corrected chi connectivity index (χ1v) is 5.74. The lowest BCUT2D eigenvalue weighted by Gasteiger charge is -2.24. The standard InChI is InChI=1S/C12H27N/c1-6-10(4)7-8-12(13)11(5)9(2)3/h9-12H,6-8,13H2,1-5H3/t10-,11+,12?/m1/s1. The molecule has 0 rings (SSSR count). The van der Waals surface area contributed by atoms with Gasteiger partial charge in [0.15, 0.2) is 0 Å². The molecule has 0 saturated carbocycles. The topological polar surface area (TPSA) is 26.0 Å². The van der Waals surface area contributed by atoms with Gasteiger partial charge in [-0.05, 0) is 30.6 Å². The summed E-state index contributed by atoms with van der Waals surface area (Å²) in [6.07, 6.45) is 3.76. The average Bonchev–Trinajstić information content (AvgIpc) is 2.11. The molecule has 0 aliphatic rings. The first-order valence-electron chi connectivity index (χ1n) is 5.74. The van der Waals surface area contributed by atoms with Gasteiger partial charge in [0.05, 0.1) is 0 Å². The molecular weight excluding hydrogens is 158 g/mol. The molecule has 1 nitrogen and oxygen atoms in total. The molecule has 0 radical (unpaired) electrons. The molecule has 1 heteroatoms. The van der Waals surface area contributed by atoms with E-state index < -0.39 is 0 Å². The summed E-state index contributed by atoms with van der Waals surface area (Å²) < 4.78 is 0. The highest BCUT2D eigenvalue weighted by Crippen LogP contribution is 2.19. The van der Waals surface area contributed by atoms with E-state index in [4.69, 9.17) is 5.73 Å². The molecule has 0 heterocycles. The van der Waals surface area contributed by atoms with Gasteiger partial charge in [-0.3, -0.25) is 0 Å². The van der Waals surface area contributed by atoms with Crippen molar-refractivity contribution in [1.82, 2.24) is 0 Å². The van der Waals surface area contributed by atoms with E-state index in [1.807, 2.05) is 0 Å². The predicted molar refractivity (Wildman–Crippen MR) is 60.7 cm³/mol. The minimum absolute atomic E-state index is 0.397. The molecule has 0 aromatic heterocycles. The van der Waals surface area contributed by atoms with Crippen molar-refractivity contribution in [2.75, 3.05) is 0 Å². The second kappa shape index (κ2) is 6.42. The van der Waals surface area contributed by atoms with Crippen molar-refractivity contribution in [2.45, 2.75) is 59.9 Å². The van der Waals surface area contributed by atoms with E-state index >= 15 is 0 Å². The molecule has 0 aliphatic heterocycles. The Labute approximate surface area is 84.1 Å². The van der Waals surface area contributed by atoms with Crippen LogP contribution < -0.4 is 5.73 Å². The Morgan fingerprint density at radius 2 is 1.54 bits per heavy atom. The van der Waals surface area contributed by atoms with Gasteiger partial charge < -0.3 is 5.73 Å². The van der Waals surface area contributed by atoms with E-state index in [1.165, 1.54) is 19.3 Å². The van der Waals surface area contributed by atoms with E-state index in [0.717, 1.165) is 5.92 Å². The van der Waals surface area contributed by atoms with Crippen LogP contribution in [-0.4, -0.2) is 6.04 Å². The molecule has 2 N–H and O–H groups in total. The van der Waals surface area contributed by atoms with Gasteiger partial charge >= 0.3 is 0 Å². The highest BCUT2D eigenvalue weighted by molar-refractivity contribution is 4.72. The molecule has 0 saturated heterocycles. The van der Waals surface area contributed by atoms with Crippen molar-refractivity contribution in [3.05, 3.63) is 0 Å². The van der Waals surface area contributed by atoms with Crippen molar-refractivity contribution in [3.63, 3.8) is 0 Å². The highest BCUT2D eigenvalue weighted by atomic mass is 14.6. The summed E-state index contributed by atoms with van der Waals surface area (Å²) in [5.41, 5.74) is 6.12. The third kappa shape index (κ3) is 5.30. The summed E-state index contributed by atoms with van der Waals surface area (Å²) >= 11 is 0. The summed E-state index contributed by atoms with van der Waals surface area (Å²) in [5.74, 6) is 2.21. The fourth-order valence-corrected chi connectivity index (χ4v) is 1.44. The lowest BCUT2D eigenvalue weighted by molar-refractivity contribution is 0.313. The molecule has 0 aromatic carbocycles. The van der Waals surface area contributed by atoms with E-state index in [2.05, 4.69) is 34.6 Å². The summed E-state index contributed by atoms with van der Waals surface area (Å²) in [5, 5.41) is 0. The van der Waals surface area contributed by atoms with Gasteiger partial charge in [0, 0.05) is 6.04 Å². The summed E-state index contributed by atoms with van der Waals surface area (Å²) in [6.45, 7) is 11.3. The molecule has 0 spiro atoms. The smallest absolute Gasteiger partial charge is 0.00670 e. The predicted octanol–water partition coefficient (Wildman–Crippen LogP) is 3.43. The van der Waals surface area contributed by atoms with Crippen molar-refractivity contribution in [3.8, 4) is 0 Å². The zero-order chi connectivity index (χ0) is 10.4. The van der Waals surface area contributed by atoms with Crippen molar-refractivity contribution < 1.29 is 0 Å². The fourth-order valence-electron chi connectivity index (χ4n) is 1.44. The third-order valence-electron chi connectivity index (χ3n) is 3.42. The van der Waals surface area contributed by atoms with Gasteiger partial charge in [0.25, 0.3) is 0 Å². The molecule has 3 atom stereocenters. The van der Waals surface area contributed by atoms with Crippen LogP contribution in [0.5, 0.6) is 0 Å². The first-order chi connectivity index (χ1) is 5.99. The maximum Gasteiger partial charge on any atom is 0.00670 e. The van der Waals surface area contributed by atoms with E-state index in [0.29, 0.717) is 17.9 Å². The van der Waals surface area contributed by atoms with Crippen LogP contribution in [0.2, 0.25) is 0 Å². The minimum Gasteiger partial charge on any atom is -0.327 e.